The molecule has 134 valence electrons. The number of carbonyl (C=O) groups is 1. The number of carbonyl (C=O) groups excluding carboxylic acids is 1. The summed E-state index contributed by atoms with van der Waals surface area (Å²) in [4.78, 5) is 17.0. The first kappa shape index (κ1) is 16.6. The zero-order valence-corrected chi connectivity index (χ0v) is 14.6. The van der Waals surface area contributed by atoms with Crippen molar-refractivity contribution in [1.29, 1.82) is 0 Å². The Balaban J connectivity index is 1.28. The van der Waals surface area contributed by atoms with Gasteiger partial charge in [0.2, 0.25) is 0 Å². The van der Waals surface area contributed by atoms with Crippen molar-refractivity contribution < 1.29 is 9.53 Å². The molecule has 1 aliphatic rings. The monoisotopic (exact) mass is 350 g/mol. The van der Waals surface area contributed by atoms with Crippen molar-refractivity contribution in [2.24, 2.45) is 0 Å². The summed E-state index contributed by atoms with van der Waals surface area (Å²) in [5.41, 5.74) is 1.41. The number of rotatable bonds is 5. The van der Waals surface area contributed by atoms with Crippen LogP contribution in [0.1, 0.15) is 10.5 Å². The zero-order chi connectivity index (χ0) is 17.8. The predicted molar refractivity (Wildman–Crippen MR) is 100 cm³/mol. The van der Waals surface area contributed by atoms with Crippen LogP contribution in [-0.4, -0.2) is 65.2 Å². The first-order valence-electron chi connectivity index (χ1n) is 8.94. The lowest BCUT2D eigenvalue weighted by molar-refractivity contribution is 0.0616. The summed E-state index contributed by atoms with van der Waals surface area (Å²) < 4.78 is 5.75. The van der Waals surface area contributed by atoms with Gasteiger partial charge in [0.15, 0.2) is 5.69 Å². The Morgan fingerprint density at radius 2 is 1.73 bits per heavy atom. The highest BCUT2D eigenvalue weighted by Gasteiger charge is 2.24. The minimum absolute atomic E-state index is 0.00244. The van der Waals surface area contributed by atoms with Crippen molar-refractivity contribution in [1.82, 2.24) is 20.0 Å². The number of ether oxygens (including phenoxy) is 1. The summed E-state index contributed by atoms with van der Waals surface area (Å²) in [5.74, 6) is 0.898. The molecule has 6 nitrogen and oxygen atoms in total. The number of aromatic amines is 1. The van der Waals surface area contributed by atoms with Gasteiger partial charge in [-0.3, -0.25) is 14.8 Å². The molecule has 1 aromatic heterocycles. The largest absolute Gasteiger partial charge is 0.492 e. The highest BCUT2D eigenvalue weighted by Crippen LogP contribution is 2.17. The van der Waals surface area contributed by atoms with E-state index in [0.717, 1.165) is 36.3 Å². The van der Waals surface area contributed by atoms with Crippen molar-refractivity contribution in [3.8, 4) is 5.75 Å². The van der Waals surface area contributed by atoms with Gasteiger partial charge in [-0.05, 0) is 18.2 Å². The lowest BCUT2D eigenvalue weighted by atomic mass is 10.2. The average Bonchev–Trinajstić information content (AvgIpc) is 3.13. The first-order chi connectivity index (χ1) is 12.8. The van der Waals surface area contributed by atoms with E-state index in [9.17, 15) is 4.79 Å². The fourth-order valence-electron chi connectivity index (χ4n) is 3.26. The molecule has 2 heterocycles. The number of amides is 1. The predicted octanol–water partition coefficient (Wildman–Crippen LogP) is 2.40. The maximum absolute atomic E-state index is 12.8. The van der Waals surface area contributed by atoms with Crippen molar-refractivity contribution in [2.75, 3.05) is 39.3 Å². The third-order valence-corrected chi connectivity index (χ3v) is 4.75. The van der Waals surface area contributed by atoms with Gasteiger partial charge >= 0.3 is 0 Å². The second kappa shape index (κ2) is 7.58. The molecule has 0 saturated carbocycles. The maximum atomic E-state index is 12.8. The molecule has 1 aliphatic heterocycles. The van der Waals surface area contributed by atoms with Gasteiger partial charge < -0.3 is 9.64 Å². The highest BCUT2D eigenvalue weighted by atomic mass is 16.5. The second-order valence-corrected chi connectivity index (χ2v) is 6.41. The number of nitrogens with zero attached hydrogens (tertiary/aromatic N) is 3. The normalized spacial score (nSPS) is 15.3. The van der Waals surface area contributed by atoms with Gasteiger partial charge in [-0.2, -0.15) is 5.10 Å². The number of fused-ring (bicyclic) bond motifs is 1. The van der Waals surface area contributed by atoms with Crippen LogP contribution in [0.3, 0.4) is 0 Å². The number of hydrogen-bond acceptors (Lipinski definition) is 4. The van der Waals surface area contributed by atoms with Crippen LogP contribution in [0.4, 0.5) is 0 Å². The van der Waals surface area contributed by atoms with Crippen molar-refractivity contribution in [2.45, 2.75) is 0 Å². The Morgan fingerprint density at radius 3 is 2.54 bits per heavy atom. The third kappa shape index (κ3) is 3.55. The van der Waals surface area contributed by atoms with Crippen LogP contribution in [0.5, 0.6) is 5.75 Å². The second-order valence-electron chi connectivity index (χ2n) is 6.41. The van der Waals surface area contributed by atoms with Gasteiger partial charge in [0.25, 0.3) is 5.91 Å². The molecule has 4 rings (SSSR count). The van der Waals surface area contributed by atoms with E-state index < -0.39 is 0 Å². The molecule has 1 amide bonds. The Morgan fingerprint density at radius 1 is 1.00 bits per heavy atom. The van der Waals surface area contributed by atoms with E-state index >= 15 is 0 Å². The first-order valence-corrected chi connectivity index (χ1v) is 8.94. The van der Waals surface area contributed by atoms with E-state index in [2.05, 4.69) is 15.1 Å². The van der Waals surface area contributed by atoms with E-state index in [4.69, 9.17) is 4.74 Å². The number of para-hydroxylation sites is 2. The Kier molecular flexibility index (Phi) is 4.84. The molecule has 0 spiro atoms. The van der Waals surface area contributed by atoms with Crippen LogP contribution in [0.15, 0.2) is 54.6 Å². The lowest BCUT2D eigenvalue weighted by Gasteiger charge is -2.34. The molecule has 26 heavy (non-hydrogen) atoms. The fourth-order valence-corrected chi connectivity index (χ4v) is 3.26. The molecule has 6 heteroatoms. The molecule has 0 atom stereocenters. The Labute approximate surface area is 152 Å². The van der Waals surface area contributed by atoms with Gasteiger partial charge in [-0.25, -0.2) is 0 Å². The number of H-pyrrole nitrogens is 1. The number of aromatic nitrogens is 2. The molecule has 3 aromatic rings. The smallest absolute Gasteiger partial charge is 0.275 e. The van der Waals surface area contributed by atoms with Crippen LogP contribution in [0, 0.1) is 0 Å². The minimum atomic E-state index is 0.00244. The van der Waals surface area contributed by atoms with Crippen molar-refractivity contribution in [3.05, 3.63) is 60.3 Å². The summed E-state index contributed by atoms with van der Waals surface area (Å²) in [6.45, 7) is 4.65. The van der Waals surface area contributed by atoms with Gasteiger partial charge in [0, 0.05) is 38.1 Å². The summed E-state index contributed by atoms with van der Waals surface area (Å²) in [6.07, 6.45) is 0. The van der Waals surface area contributed by atoms with Crippen LogP contribution in [0.2, 0.25) is 0 Å². The number of nitrogens with one attached hydrogen (secondary N) is 1. The third-order valence-electron chi connectivity index (χ3n) is 4.75. The molecule has 1 saturated heterocycles. The minimum Gasteiger partial charge on any atom is -0.492 e. The summed E-state index contributed by atoms with van der Waals surface area (Å²) >= 11 is 0. The molecule has 0 bridgehead atoms. The molecular weight excluding hydrogens is 328 g/mol. The van der Waals surface area contributed by atoms with E-state index in [1.54, 1.807) is 0 Å². The molecule has 0 aliphatic carbocycles. The van der Waals surface area contributed by atoms with Gasteiger partial charge in [-0.15, -0.1) is 0 Å². The van der Waals surface area contributed by atoms with Gasteiger partial charge in [0.1, 0.15) is 12.4 Å². The van der Waals surface area contributed by atoms with E-state index in [-0.39, 0.29) is 5.91 Å². The molecular formula is C20H22N4O2. The van der Waals surface area contributed by atoms with Crippen LogP contribution < -0.4 is 4.74 Å². The average molecular weight is 350 g/mol. The summed E-state index contributed by atoms with van der Waals surface area (Å²) in [6, 6.07) is 17.6. The van der Waals surface area contributed by atoms with Crippen LogP contribution in [-0.2, 0) is 0 Å². The highest BCUT2D eigenvalue weighted by molar-refractivity contribution is 6.04. The standard InChI is InChI=1S/C20H22N4O2/c25-20(19-17-8-4-5-9-18(17)21-22-19)24-12-10-23(11-13-24)14-15-26-16-6-2-1-3-7-16/h1-9H,10-15H2,(H,21,22). The summed E-state index contributed by atoms with van der Waals surface area (Å²) in [7, 11) is 0. The van der Waals surface area contributed by atoms with Crippen molar-refractivity contribution >= 4 is 16.8 Å². The van der Waals surface area contributed by atoms with E-state index in [1.807, 2.05) is 59.5 Å². The van der Waals surface area contributed by atoms with Crippen LogP contribution >= 0.6 is 0 Å². The van der Waals surface area contributed by atoms with Gasteiger partial charge in [-0.1, -0.05) is 36.4 Å². The Hall–Kier alpha value is -2.86. The Bertz CT molecular complexity index is 870. The zero-order valence-electron chi connectivity index (χ0n) is 14.6. The number of benzene rings is 2. The van der Waals surface area contributed by atoms with Gasteiger partial charge in [0.05, 0.1) is 5.52 Å². The number of piperazine rings is 1. The quantitative estimate of drug-likeness (QED) is 0.768. The summed E-state index contributed by atoms with van der Waals surface area (Å²) in [5, 5.41) is 8.04. The molecule has 1 fully saturated rings. The van der Waals surface area contributed by atoms with Crippen LogP contribution in [0.25, 0.3) is 10.9 Å². The SMILES string of the molecule is O=C(c1n[nH]c2ccccc12)N1CCN(CCOc2ccccc2)CC1. The maximum Gasteiger partial charge on any atom is 0.275 e. The topological polar surface area (TPSA) is 61.5 Å². The lowest BCUT2D eigenvalue weighted by Crippen LogP contribution is -2.49. The number of hydrogen-bond donors (Lipinski definition) is 1. The molecule has 0 radical (unpaired) electrons. The molecule has 0 unspecified atom stereocenters. The molecule has 1 N–H and O–H groups in total. The molecule has 2 aromatic carbocycles. The van der Waals surface area contributed by atoms with E-state index in [1.165, 1.54) is 0 Å². The van der Waals surface area contributed by atoms with E-state index in [0.29, 0.717) is 25.4 Å². The fraction of sp³-hybridized carbons (Fsp3) is 0.300. The van der Waals surface area contributed by atoms with Crippen molar-refractivity contribution in [3.63, 3.8) is 0 Å².